The Labute approximate surface area is 123 Å². The summed E-state index contributed by atoms with van der Waals surface area (Å²) in [5.74, 6) is 3.23. The van der Waals surface area contributed by atoms with Gasteiger partial charge in [0, 0.05) is 11.1 Å². The lowest BCUT2D eigenvalue weighted by Crippen LogP contribution is -2.05. The number of hydrogen-bond acceptors (Lipinski definition) is 4. The molecule has 8 heteroatoms. The van der Waals surface area contributed by atoms with Gasteiger partial charge in [-0.05, 0) is 0 Å². The van der Waals surface area contributed by atoms with Crippen molar-refractivity contribution < 1.29 is 19.1 Å². The van der Waals surface area contributed by atoms with Gasteiger partial charge in [0.1, 0.15) is 10.1 Å². The number of ether oxygens (including phenoxy) is 2. The van der Waals surface area contributed by atoms with Gasteiger partial charge >= 0.3 is 11.9 Å². The summed E-state index contributed by atoms with van der Waals surface area (Å²) in [6, 6.07) is 0. The molecule has 4 nitrogen and oxygen atoms in total. The third-order valence-corrected chi connectivity index (χ3v) is 2.44. The Kier molecular flexibility index (Phi) is 9.62. The molecule has 0 saturated heterocycles. The molecule has 0 fully saturated rings. The molecule has 0 aromatic heterocycles. The summed E-state index contributed by atoms with van der Waals surface area (Å²) >= 11 is 21.0. The summed E-state index contributed by atoms with van der Waals surface area (Å²) in [5, 5.41) is -0.521. The molecule has 0 radical (unpaired) electrons. The van der Waals surface area contributed by atoms with Crippen LogP contribution in [0.5, 0.6) is 0 Å². The normalized spacial score (nSPS) is 11.3. The molecule has 0 aromatic rings. The summed E-state index contributed by atoms with van der Waals surface area (Å²) in [6.07, 6.45) is 0. The minimum Gasteiger partial charge on any atom is -0.448 e. The summed E-state index contributed by atoms with van der Waals surface area (Å²) in [4.78, 5) is 21.9. The predicted molar refractivity (Wildman–Crippen MR) is 69.3 cm³/mol. The zero-order chi connectivity index (χ0) is 14.0. The first-order valence-electron chi connectivity index (χ1n) is 4.24. The van der Waals surface area contributed by atoms with Crippen LogP contribution in [-0.4, -0.2) is 25.2 Å². The molecule has 0 unspecified atom stereocenters. The molecular weight excluding hydrogens is 326 g/mol. The quantitative estimate of drug-likeness (QED) is 0.451. The van der Waals surface area contributed by atoms with Crippen molar-refractivity contribution in [2.75, 3.05) is 13.2 Å². The maximum Gasteiger partial charge on any atom is 0.351 e. The van der Waals surface area contributed by atoms with Crippen LogP contribution in [0.25, 0.3) is 0 Å². The van der Waals surface area contributed by atoms with Gasteiger partial charge in [-0.3, -0.25) is 0 Å². The first kappa shape index (κ1) is 17.1. The first-order valence-corrected chi connectivity index (χ1v) is 5.87. The van der Waals surface area contributed by atoms with Crippen LogP contribution >= 0.6 is 46.4 Å². The average molecular weight is 332 g/mol. The van der Waals surface area contributed by atoms with E-state index >= 15 is 0 Å². The van der Waals surface area contributed by atoms with Crippen LogP contribution in [0, 0.1) is 11.8 Å². The number of esters is 2. The highest BCUT2D eigenvalue weighted by Crippen LogP contribution is 2.05. The molecule has 0 aliphatic rings. The second-order valence-corrected chi connectivity index (χ2v) is 3.67. The summed E-state index contributed by atoms with van der Waals surface area (Å²) in [5.41, 5.74) is 1.75. The van der Waals surface area contributed by atoms with Crippen molar-refractivity contribution in [1.29, 1.82) is 0 Å². The van der Waals surface area contributed by atoms with Crippen LogP contribution in [-0.2, 0) is 19.1 Å². The molecule has 0 saturated carbocycles. The summed E-state index contributed by atoms with van der Waals surface area (Å²) in [7, 11) is 0. The average Bonchev–Trinajstić information content (AvgIpc) is 2.39. The third kappa shape index (κ3) is 7.46. The van der Waals surface area contributed by atoms with Crippen LogP contribution in [0.3, 0.4) is 0 Å². The fourth-order valence-electron chi connectivity index (χ4n) is 0.532. The van der Waals surface area contributed by atoms with Gasteiger partial charge in [0.15, 0.2) is 13.2 Å². The van der Waals surface area contributed by atoms with Gasteiger partial charge in [0.2, 0.25) is 0 Å². The third-order valence-electron chi connectivity index (χ3n) is 1.26. The maximum absolute atomic E-state index is 10.9. The van der Waals surface area contributed by atoms with Crippen molar-refractivity contribution >= 4 is 58.3 Å². The van der Waals surface area contributed by atoms with E-state index in [-0.39, 0.29) is 23.3 Å². The molecule has 18 heavy (non-hydrogen) atoms. The van der Waals surface area contributed by atoms with E-state index in [1.165, 1.54) is 0 Å². The Morgan fingerprint density at radius 1 is 0.889 bits per heavy atom. The van der Waals surface area contributed by atoms with Crippen molar-refractivity contribution in [1.82, 2.24) is 0 Å². The Bertz CT molecular complexity index is 393. The Morgan fingerprint density at radius 3 is 1.50 bits per heavy atom. The Balaban J connectivity index is 3.88. The van der Waals surface area contributed by atoms with E-state index in [4.69, 9.17) is 46.4 Å². The summed E-state index contributed by atoms with van der Waals surface area (Å²) < 4.78 is 9.15. The molecule has 0 bridgehead atoms. The Hall–Kier alpha value is -0.860. The zero-order valence-corrected chi connectivity index (χ0v) is 11.7. The van der Waals surface area contributed by atoms with Crippen LogP contribution < -0.4 is 0 Å². The molecule has 0 aromatic carbocycles. The van der Waals surface area contributed by atoms with E-state index in [0.717, 1.165) is 11.1 Å². The van der Waals surface area contributed by atoms with Gasteiger partial charge in [0.05, 0.1) is 0 Å². The van der Waals surface area contributed by atoms with E-state index in [0.29, 0.717) is 0 Å². The molecule has 0 amide bonds. The van der Waals surface area contributed by atoms with Crippen molar-refractivity contribution in [3.05, 3.63) is 21.1 Å². The number of carbonyl (C=O) groups is 2. The number of hydrogen-bond donors (Lipinski definition) is 0. The van der Waals surface area contributed by atoms with Gasteiger partial charge in [-0.2, -0.15) is 0 Å². The highest BCUT2D eigenvalue weighted by molar-refractivity contribution is 6.46. The highest BCUT2D eigenvalue weighted by Gasteiger charge is 2.06. The fourth-order valence-corrected chi connectivity index (χ4v) is 0.820. The molecule has 0 aliphatic heterocycles. The van der Waals surface area contributed by atoms with Crippen molar-refractivity contribution in [3.63, 3.8) is 0 Å². The fraction of sp³-hybridized carbons (Fsp3) is 0.200. The molecule has 0 heterocycles. The molecule has 0 aliphatic carbocycles. The minimum absolute atomic E-state index is 0.212. The topological polar surface area (TPSA) is 52.6 Å². The van der Waals surface area contributed by atoms with E-state index < -0.39 is 11.9 Å². The maximum atomic E-state index is 10.9. The number of carbonyl (C=O) groups excluding carboxylic acids is 2. The van der Waals surface area contributed by atoms with Crippen LogP contribution in [0.2, 0.25) is 0 Å². The zero-order valence-electron chi connectivity index (χ0n) is 8.71. The van der Waals surface area contributed by atoms with E-state index in [1.54, 1.807) is 0 Å². The van der Waals surface area contributed by atoms with Gasteiger partial charge in [-0.15, -0.1) is 0 Å². The van der Waals surface area contributed by atoms with Gasteiger partial charge in [0.25, 0.3) is 0 Å². The van der Waals surface area contributed by atoms with E-state index in [2.05, 4.69) is 21.3 Å². The second kappa shape index (κ2) is 10.1. The second-order valence-electron chi connectivity index (χ2n) is 2.42. The molecule has 98 valence electrons. The van der Waals surface area contributed by atoms with Gasteiger partial charge in [-0.25, -0.2) is 9.59 Å². The molecule has 0 atom stereocenters. The van der Waals surface area contributed by atoms with Gasteiger partial charge in [-0.1, -0.05) is 58.2 Å². The number of halogens is 4. The lowest BCUT2D eigenvalue weighted by molar-refractivity contribution is -0.137. The van der Waals surface area contributed by atoms with E-state index in [1.807, 2.05) is 0 Å². The molecule has 0 N–H and O–H groups in total. The lowest BCUT2D eigenvalue weighted by atomic mass is 10.6. The largest absolute Gasteiger partial charge is 0.448 e. The van der Waals surface area contributed by atoms with Crippen LogP contribution in [0.4, 0.5) is 0 Å². The Morgan fingerprint density at radius 2 is 1.22 bits per heavy atom. The highest BCUT2D eigenvalue weighted by atomic mass is 35.5. The number of rotatable bonds is 4. The van der Waals surface area contributed by atoms with Crippen LogP contribution in [0.15, 0.2) is 21.1 Å². The van der Waals surface area contributed by atoms with Gasteiger partial charge < -0.3 is 9.47 Å². The predicted octanol–water partition coefficient (Wildman–Crippen LogP) is 2.71. The van der Waals surface area contributed by atoms with Crippen molar-refractivity contribution in [2.24, 2.45) is 0 Å². The minimum atomic E-state index is -0.800. The monoisotopic (exact) mass is 330 g/mol. The molecular formula is C10H6Cl4O4. The van der Waals surface area contributed by atoms with E-state index in [9.17, 15) is 9.59 Å². The van der Waals surface area contributed by atoms with Crippen LogP contribution in [0.1, 0.15) is 0 Å². The first-order chi connectivity index (χ1) is 8.52. The molecule has 0 spiro atoms. The smallest absolute Gasteiger partial charge is 0.351 e. The molecule has 0 rings (SSSR count). The summed E-state index contributed by atoms with van der Waals surface area (Å²) in [6.45, 7) is -0.424. The van der Waals surface area contributed by atoms with Crippen molar-refractivity contribution in [2.45, 2.75) is 0 Å². The van der Waals surface area contributed by atoms with Crippen molar-refractivity contribution in [3.8, 4) is 11.8 Å². The SMILES string of the molecule is O=C(OCC#CCOC(=O)/C(Cl)=C/Cl)/C(Cl)=C/Cl. The lowest BCUT2D eigenvalue weighted by Gasteiger charge is -1.98. The standard InChI is InChI=1S/C10H6Cl4O4/c11-5-7(13)9(15)17-3-1-2-4-18-10(16)8(14)6-12/h5-6H,3-4H2/b7-5-,8-6-.